The first-order valence-corrected chi connectivity index (χ1v) is 13.9. The molecule has 0 aliphatic heterocycles. The fourth-order valence-corrected chi connectivity index (χ4v) is 4.72. The van der Waals surface area contributed by atoms with Gasteiger partial charge in [0, 0.05) is 31.5 Å². The molecule has 2 rings (SSSR count). The van der Waals surface area contributed by atoms with Gasteiger partial charge in [-0.05, 0) is 56.8 Å². The van der Waals surface area contributed by atoms with Crippen molar-refractivity contribution in [3.05, 3.63) is 12.2 Å². The highest BCUT2D eigenvalue weighted by Gasteiger charge is 2.25. The molecule has 2 atom stereocenters. The van der Waals surface area contributed by atoms with Crippen LogP contribution in [0.3, 0.4) is 0 Å². The minimum Gasteiger partial charge on any atom is -0.544 e. The van der Waals surface area contributed by atoms with E-state index in [-0.39, 0.29) is 19.4 Å². The van der Waals surface area contributed by atoms with Crippen molar-refractivity contribution in [1.29, 1.82) is 0 Å². The van der Waals surface area contributed by atoms with E-state index >= 15 is 0 Å². The van der Waals surface area contributed by atoms with Gasteiger partial charge in [0.1, 0.15) is 12.1 Å². The van der Waals surface area contributed by atoms with E-state index in [1.165, 1.54) is 0 Å². The Balaban J connectivity index is 1.77. The molecule has 38 heavy (non-hydrogen) atoms. The van der Waals surface area contributed by atoms with Crippen LogP contribution in [0.1, 0.15) is 83.5 Å². The molecule has 0 radical (unpaired) electrons. The lowest BCUT2D eigenvalue weighted by Gasteiger charge is -2.18. The highest BCUT2D eigenvalue weighted by molar-refractivity contribution is 5.98. The van der Waals surface area contributed by atoms with Crippen LogP contribution in [0.2, 0.25) is 0 Å². The molecule has 0 bridgehead atoms. The highest BCUT2D eigenvalue weighted by atomic mass is 16.5. The minimum absolute atomic E-state index is 0.0352. The molecule has 0 aromatic rings. The number of carbonyl (C=O) groups is 5. The second kappa shape index (κ2) is 17.5. The lowest BCUT2D eigenvalue weighted by Crippen LogP contribution is -2.68. The number of amides is 2. The quantitative estimate of drug-likeness (QED) is 0.131. The van der Waals surface area contributed by atoms with Crippen molar-refractivity contribution in [1.82, 2.24) is 10.6 Å². The molecule has 2 amide bonds. The van der Waals surface area contributed by atoms with Crippen molar-refractivity contribution in [3.8, 4) is 0 Å². The molecule has 0 spiro atoms. The Morgan fingerprint density at radius 2 is 1.42 bits per heavy atom. The van der Waals surface area contributed by atoms with E-state index in [2.05, 4.69) is 16.4 Å². The first-order chi connectivity index (χ1) is 18.2. The Bertz CT molecular complexity index is 819. The van der Waals surface area contributed by atoms with Crippen LogP contribution in [0, 0.1) is 11.8 Å². The lowest BCUT2D eigenvalue weighted by atomic mass is 10.1. The van der Waals surface area contributed by atoms with Crippen LogP contribution < -0.4 is 21.5 Å². The third kappa shape index (κ3) is 13.0. The average Bonchev–Trinajstić information content (AvgIpc) is 3.61. The third-order valence-electron chi connectivity index (χ3n) is 7.13. The van der Waals surface area contributed by atoms with Gasteiger partial charge in [0.05, 0.1) is 19.2 Å². The minimum atomic E-state index is -1.20. The molecule has 0 heterocycles. The lowest BCUT2D eigenvalue weighted by molar-refractivity contribution is -0.438. The summed E-state index contributed by atoms with van der Waals surface area (Å²) < 4.78 is 10.8. The Morgan fingerprint density at radius 1 is 0.842 bits per heavy atom. The monoisotopic (exact) mass is 537 g/mol. The van der Waals surface area contributed by atoms with Gasteiger partial charge >= 0.3 is 11.9 Å². The van der Waals surface area contributed by atoms with Crippen LogP contribution in [0.5, 0.6) is 0 Å². The average molecular weight is 538 g/mol. The largest absolute Gasteiger partial charge is 0.544 e. The summed E-state index contributed by atoms with van der Waals surface area (Å²) in [4.78, 5) is 60.0. The zero-order valence-electron chi connectivity index (χ0n) is 22.3. The van der Waals surface area contributed by atoms with Gasteiger partial charge in [0.25, 0.3) is 0 Å². The van der Waals surface area contributed by atoms with E-state index in [4.69, 9.17) is 9.47 Å². The van der Waals surface area contributed by atoms with E-state index in [1.54, 1.807) is 0 Å². The summed E-state index contributed by atoms with van der Waals surface area (Å²) in [6.45, 7) is 0.976. The zero-order valence-corrected chi connectivity index (χ0v) is 22.3. The number of carbonyl (C=O) groups excluding carboxylic acids is 5. The van der Waals surface area contributed by atoms with E-state index in [1.807, 2.05) is 0 Å². The number of hydrogen-bond donors (Lipinski definition) is 3. The number of carboxylic acids is 1. The van der Waals surface area contributed by atoms with Gasteiger partial charge in [-0.1, -0.05) is 25.7 Å². The molecule has 2 aliphatic carbocycles. The zero-order chi connectivity index (χ0) is 27.8. The summed E-state index contributed by atoms with van der Waals surface area (Å²) in [5.74, 6) is -2.67. The normalized spacial score (nSPS) is 17.7. The molecule has 0 aromatic carbocycles. The van der Waals surface area contributed by atoms with Crippen LogP contribution in [0.25, 0.3) is 0 Å². The number of hydrogen-bond acceptors (Lipinski definition) is 8. The second-order valence-corrected chi connectivity index (χ2v) is 10.3. The number of unbranched alkanes of at least 4 members (excludes halogenated alkanes) is 1. The Hall–Kier alpha value is -2.95. The fourth-order valence-electron chi connectivity index (χ4n) is 4.72. The van der Waals surface area contributed by atoms with E-state index < -0.39 is 41.8 Å². The van der Waals surface area contributed by atoms with Crippen molar-refractivity contribution in [3.63, 3.8) is 0 Å². The molecule has 11 nitrogen and oxygen atoms in total. The van der Waals surface area contributed by atoms with Crippen LogP contribution >= 0.6 is 0 Å². The van der Waals surface area contributed by atoms with Crippen molar-refractivity contribution < 1.29 is 44.3 Å². The smallest absolute Gasteiger partial charge is 0.328 e. The number of rotatable bonds is 17. The molecular weight excluding hydrogens is 494 g/mol. The van der Waals surface area contributed by atoms with Gasteiger partial charge < -0.3 is 35.7 Å². The van der Waals surface area contributed by atoms with Gasteiger partial charge in [0.2, 0.25) is 11.8 Å². The number of carboxylic acid groups (broad SMARTS) is 1. The molecule has 0 saturated heterocycles. The van der Waals surface area contributed by atoms with E-state index in [9.17, 15) is 29.1 Å². The number of esters is 2. The highest BCUT2D eigenvalue weighted by Crippen LogP contribution is 2.25. The third-order valence-corrected chi connectivity index (χ3v) is 7.13. The number of quaternary nitrogens is 1. The van der Waals surface area contributed by atoms with Crippen LogP contribution in [0.4, 0.5) is 0 Å². The standard InChI is InChI=1S/C27H43N3O8/c28-21(26(34)35)11-5-6-16-29-23(31)13-14-24(32)30-22(27(36)38-18-20-9-3-4-10-20)12-15-25(33)37-17-19-7-1-2-8-19/h13-14,19-22H,1-12,15-18,28H2,(H,29,31)(H,30,32)(H,34,35)/b14-13+/t21-,22+/m1/s1. The predicted octanol–water partition coefficient (Wildman–Crippen LogP) is -0.0787. The molecule has 0 unspecified atom stereocenters. The van der Waals surface area contributed by atoms with Gasteiger partial charge in [0.15, 0.2) is 0 Å². The molecule has 5 N–H and O–H groups in total. The van der Waals surface area contributed by atoms with Crippen LogP contribution in [0.15, 0.2) is 12.2 Å². The molecule has 2 aliphatic rings. The first kappa shape index (κ1) is 31.3. The summed E-state index contributed by atoms with van der Waals surface area (Å²) in [6.07, 6.45) is 12.2. The van der Waals surface area contributed by atoms with Crippen molar-refractivity contribution in [2.45, 2.75) is 95.6 Å². The molecular formula is C27H43N3O8. The Labute approximate surface area is 224 Å². The van der Waals surface area contributed by atoms with Gasteiger partial charge in [-0.2, -0.15) is 0 Å². The second-order valence-electron chi connectivity index (χ2n) is 10.3. The maximum Gasteiger partial charge on any atom is 0.328 e. The molecule has 2 saturated carbocycles. The summed E-state index contributed by atoms with van der Waals surface area (Å²) >= 11 is 0. The molecule has 0 aromatic heterocycles. The molecule has 214 valence electrons. The topological polar surface area (TPSA) is 179 Å². The van der Waals surface area contributed by atoms with Crippen molar-refractivity contribution in [2.75, 3.05) is 19.8 Å². The van der Waals surface area contributed by atoms with Crippen LogP contribution in [-0.4, -0.2) is 61.6 Å². The van der Waals surface area contributed by atoms with Crippen LogP contribution in [-0.2, 0) is 33.4 Å². The van der Waals surface area contributed by atoms with Crippen molar-refractivity contribution >= 4 is 29.7 Å². The number of nitrogens with one attached hydrogen (secondary N) is 2. The maximum atomic E-state index is 12.7. The summed E-state index contributed by atoms with van der Waals surface area (Å²) in [5.41, 5.74) is 3.47. The van der Waals surface area contributed by atoms with E-state index in [0.717, 1.165) is 63.5 Å². The van der Waals surface area contributed by atoms with Crippen molar-refractivity contribution in [2.24, 2.45) is 11.8 Å². The number of ether oxygens (including phenoxy) is 2. The molecule has 2 fully saturated rings. The van der Waals surface area contributed by atoms with E-state index in [0.29, 0.717) is 44.2 Å². The Kier molecular flexibility index (Phi) is 14.4. The predicted molar refractivity (Wildman–Crippen MR) is 135 cm³/mol. The first-order valence-electron chi connectivity index (χ1n) is 13.9. The van der Waals surface area contributed by atoms with Gasteiger partial charge in [-0.3, -0.25) is 14.4 Å². The maximum absolute atomic E-state index is 12.7. The van der Waals surface area contributed by atoms with Gasteiger partial charge in [-0.15, -0.1) is 0 Å². The summed E-state index contributed by atoms with van der Waals surface area (Å²) in [7, 11) is 0. The summed E-state index contributed by atoms with van der Waals surface area (Å²) in [6, 6.07) is -1.82. The fraction of sp³-hybridized carbons (Fsp3) is 0.741. The summed E-state index contributed by atoms with van der Waals surface area (Å²) in [5, 5.41) is 15.8. The van der Waals surface area contributed by atoms with Gasteiger partial charge in [-0.25, -0.2) is 4.79 Å². The Morgan fingerprint density at radius 3 is 2.03 bits per heavy atom. The molecule has 11 heteroatoms. The SMILES string of the molecule is [NH3+][C@H](CCCCNC(=O)/C=C/C(=O)N[C@@H](CCC(=O)OCC1CCCC1)C(=O)OCC1CCCC1)C(=O)[O-]. The number of aliphatic carboxylic acids is 1.